The van der Waals surface area contributed by atoms with Crippen molar-refractivity contribution in [2.75, 3.05) is 40.6 Å². The second-order valence-electron chi connectivity index (χ2n) is 6.19. The van der Waals surface area contributed by atoms with Crippen LogP contribution in [0, 0.1) is 5.41 Å². The van der Waals surface area contributed by atoms with Crippen LogP contribution in [-0.4, -0.2) is 52.7 Å². The molecule has 1 N–H and O–H groups in total. The van der Waals surface area contributed by atoms with Crippen molar-refractivity contribution in [3.63, 3.8) is 0 Å². The van der Waals surface area contributed by atoms with Crippen LogP contribution in [0.25, 0.3) is 0 Å². The minimum atomic E-state index is 0.420. The number of hydrogen-bond acceptors (Lipinski definition) is 4. The summed E-state index contributed by atoms with van der Waals surface area (Å²) in [6.45, 7) is 2.99. The molecule has 0 aromatic carbocycles. The molecule has 0 aromatic rings. The molecule has 0 aromatic heterocycles. The van der Waals surface area contributed by atoms with Crippen LogP contribution in [0.3, 0.4) is 0 Å². The van der Waals surface area contributed by atoms with Gasteiger partial charge in [-0.15, -0.1) is 0 Å². The molecule has 118 valence electrons. The predicted molar refractivity (Wildman–Crippen MR) is 80.0 cm³/mol. The van der Waals surface area contributed by atoms with Crippen molar-refractivity contribution in [3.05, 3.63) is 0 Å². The maximum atomic E-state index is 6.11. The van der Waals surface area contributed by atoms with Crippen molar-refractivity contribution in [1.82, 2.24) is 5.32 Å². The van der Waals surface area contributed by atoms with E-state index in [1.807, 2.05) is 0 Å². The molecule has 0 aliphatic heterocycles. The van der Waals surface area contributed by atoms with E-state index in [0.29, 0.717) is 24.2 Å². The lowest BCUT2D eigenvalue weighted by Crippen LogP contribution is -2.63. The molecule has 0 radical (unpaired) electrons. The molecule has 2 fully saturated rings. The second kappa shape index (κ2) is 8.32. The Morgan fingerprint density at radius 3 is 2.55 bits per heavy atom. The summed E-state index contributed by atoms with van der Waals surface area (Å²) in [7, 11) is 3.82. The van der Waals surface area contributed by atoms with Crippen LogP contribution in [0.15, 0.2) is 0 Å². The maximum Gasteiger partial charge on any atom is 0.0704 e. The molecule has 20 heavy (non-hydrogen) atoms. The van der Waals surface area contributed by atoms with E-state index < -0.39 is 0 Å². The van der Waals surface area contributed by atoms with Gasteiger partial charge in [0, 0.05) is 31.8 Å². The molecule has 2 aliphatic rings. The van der Waals surface area contributed by atoms with Crippen LogP contribution in [-0.2, 0) is 14.2 Å². The molecule has 0 heterocycles. The summed E-state index contributed by atoms with van der Waals surface area (Å²) in [5.74, 6) is 0. The third-order valence-electron chi connectivity index (χ3n) is 5.10. The summed E-state index contributed by atoms with van der Waals surface area (Å²) < 4.78 is 16.7. The molecular formula is C16H31NO3. The van der Waals surface area contributed by atoms with E-state index in [0.717, 1.165) is 26.2 Å². The topological polar surface area (TPSA) is 39.7 Å². The molecule has 2 atom stereocenters. The molecule has 0 bridgehead atoms. The zero-order valence-electron chi connectivity index (χ0n) is 13.2. The molecule has 4 nitrogen and oxygen atoms in total. The number of hydrogen-bond donors (Lipinski definition) is 1. The van der Waals surface area contributed by atoms with Crippen LogP contribution >= 0.6 is 0 Å². The SMILES string of the molecule is CNC1CC(OCCOCCCOC)C12CCCCC2. The summed E-state index contributed by atoms with van der Waals surface area (Å²) in [6.07, 6.45) is 9.37. The molecule has 0 saturated heterocycles. The van der Waals surface area contributed by atoms with E-state index in [1.54, 1.807) is 7.11 Å². The Balaban J connectivity index is 1.63. The Bertz CT molecular complexity index is 266. The van der Waals surface area contributed by atoms with Crippen molar-refractivity contribution in [1.29, 1.82) is 0 Å². The van der Waals surface area contributed by atoms with E-state index in [1.165, 1.54) is 38.5 Å². The van der Waals surface area contributed by atoms with Crippen LogP contribution in [0.4, 0.5) is 0 Å². The first-order valence-corrected chi connectivity index (χ1v) is 8.19. The third-order valence-corrected chi connectivity index (χ3v) is 5.10. The summed E-state index contributed by atoms with van der Waals surface area (Å²) >= 11 is 0. The largest absolute Gasteiger partial charge is 0.385 e. The van der Waals surface area contributed by atoms with Crippen LogP contribution < -0.4 is 5.32 Å². The van der Waals surface area contributed by atoms with Gasteiger partial charge in [-0.05, 0) is 32.7 Å². The molecule has 2 rings (SSSR count). The summed E-state index contributed by atoms with van der Waals surface area (Å²) in [5, 5.41) is 3.49. The number of rotatable bonds is 9. The highest BCUT2D eigenvalue weighted by Crippen LogP contribution is 2.53. The van der Waals surface area contributed by atoms with Gasteiger partial charge in [-0.3, -0.25) is 0 Å². The van der Waals surface area contributed by atoms with Crippen LogP contribution in [0.2, 0.25) is 0 Å². The lowest BCUT2D eigenvalue weighted by molar-refractivity contribution is -0.157. The molecule has 0 amide bonds. The van der Waals surface area contributed by atoms with Crippen molar-refractivity contribution >= 4 is 0 Å². The smallest absolute Gasteiger partial charge is 0.0704 e. The Labute approximate surface area is 123 Å². The monoisotopic (exact) mass is 285 g/mol. The van der Waals surface area contributed by atoms with Gasteiger partial charge in [-0.1, -0.05) is 19.3 Å². The van der Waals surface area contributed by atoms with Crippen LogP contribution in [0.5, 0.6) is 0 Å². The first-order chi connectivity index (χ1) is 9.83. The van der Waals surface area contributed by atoms with Gasteiger partial charge in [0.25, 0.3) is 0 Å². The lowest BCUT2D eigenvalue weighted by atomic mass is 9.55. The van der Waals surface area contributed by atoms with E-state index in [-0.39, 0.29) is 0 Å². The van der Waals surface area contributed by atoms with Gasteiger partial charge in [0.1, 0.15) is 0 Å². The highest BCUT2D eigenvalue weighted by atomic mass is 16.5. The van der Waals surface area contributed by atoms with E-state index in [9.17, 15) is 0 Å². The summed E-state index contributed by atoms with van der Waals surface area (Å²) in [4.78, 5) is 0. The minimum Gasteiger partial charge on any atom is -0.385 e. The highest BCUT2D eigenvalue weighted by molar-refractivity contribution is 5.08. The van der Waals surface area contributed by atoms with Crippen molar-refractivity contribution < 1.29 is 14.2 Å². The standard InChI is InChI=1S/C16H31NO3/c1-17-14-13-15(16(14)7-4-3-5-8-16)20-12-11-19-10-6-9-18-2/h14-15,17H,3-13H2,1-2H3. The second-order valence-corrected chi connectivity index (χ2v) is 6.19. The van der Waals surface area contributed by atoms with Crippen molar-refractivity contribution in [2.45, 2.75) is 57.1 Å². The Morgan fingerprint density at radius 1 is 1.05 bits per heavy atom. The lowest BCUT2D eigenvalue weighted by Gasteiger charge is -2.57. The Kier molecular flexibility index (Phi) is 6.75. The third kappa shape index (κ3) is 3.73. The van der Waals surface area contributed by atoms with Gasteiger partial charge in [0.2, 0.25) is 0 Å². The Morgan fingerprint density at radius 2 is 1.85 bits per heavy atom. The fourth-order valence-electron chi connectivity index (χ4n) is 3.92. The van der Waals surface area contributed by atoms with E-state index >= 15 is 0 Å². The molecule has 2 aliphatic carbocycles. The predicted octanol–water partition coefficient (Wildman–Crippen LogP) is 2.37. The molecular weight excluding hydrogens is 254 g/mol. The van der Waals surface area contributed by atoms with Gasteiger partial charge >= 0.3 is 0 Å². The van der Waals surface area contributed by atoms with Gasteiger partial charge in [0.05, 0.1) is 19.3 Å². The zero-order valence-corrected chi connectivity index (χ0v) is 13.2. The highest BCUT2D eigenvalue weighted by Gasteiger charge is 2.54. The fraction of sp³-hybridized carbons (Fsp3) is 1.00. The fourth-order valence-corrected chi connectivity index (χ4v) is 3.92. The summed E-state index contributed by atoms with van der Waals surface area (Å²) in [5.41, 5.74) is 0.420. The first-order valence-electron chi connectivity index (χ1n) is 8.19. The van der Waals surface area contributed by atoms with E-state index in [4.69, 9.17) is 14.2 Å². The number of nitrogens with one attached hydrogen (secondary N) is 1. The van der Waals surface area contributed by atoms with E-state index in [2.05, 4.69) is 12.4 Å². The molecule has 4 heteroatoms. The van der Waals surface area contributed by atoms with Crippen LogP contribution in [0.1, 0.15) is 44.9 Å². The normalized spacial score (nSPS) is 28.5. The molecule has 2 unspecified atom stereocenters. The molecule has 1 spiro atoms. The van der Waals surface area contributed by atoms with Crippen molar-refractivity contribution in [2.24, 2.45) is 5.41 Å². The zero-order chi connectivity index (χ0) is 14.3. The quantitative estimate of drug-likeness (QED) is 0.660. The molecule has 2 saturated carbocycles. The Hall–Kier alpha value is -0.160. The van der Waals surface area contributed by atoms with Gasteiger partial charge < -0.3 is 19.5 Å². The maximum absolute atomic E-state index is 6.11. The average Bonchev–Trinajstić information content (AvgIpc) is 2.49. The van der Waals surface area contributed by atoms with Crippen molar-refractivity contribution in [3.8, 4) is 0 Å². The number of ether oxygens (including phenoxy) is 3. The van der Waals surface area contributed by atoms with Gasteiger partial charge in [-0.2, -0.15) is 0 Å². The summed E-state index contributed by atoms with van der Waals surface area (Å²) in [6, 6.07) is 0.662. The first kappa shape index (κ1) is 16.2. The minimum absolute atomic E-state index is 0.420. The average molecular weight is 285 g/mol. The van der Waals surface area contributed by atoms with Gasteiger partial charge in [0.15, 0.2) is 0 Å². The van der Waals surface area contributed by atoms with Gasteiger partial charge in [-0.25, -0.2) is 0 Å². The number of methoxy groups -OCH3 is 1.